The van der Waals surface area contributed by atoms with Crippen LogP contribution in [-0.4, -0.2) is 112 Å². The number of Topliss-reactive ketones (excluding diaryl/α,β-unsaturated/α-hetero) is 1. The number of fused-ring (bicyclic) bond motifs is 2. The van der Waals surface area contributed by atoms with E-state index < -0.39 is 45.7 Å². The van der Waals surface area contributed by atoms with Gasteiger partial charge in [0.25, 0.3) is 0 Å². The van der Waals surface area contributed by atoms with Crippen LogP contribution >= 0.6 is 0 Å². The zero-order valence-corrected chi connectivity index (χ0v) is 34.2. The molecule has 1 unspecified atom stereocenters. The number of ketones is 1. The topological polar surface area (TPSA) is 293 Å². The van der Waals surface area contributed by atoms with Gasteiger partial charge in [0.2, 0.25) is 34.5 Å². The molecule has 1 atom stereocenters. The third-order valence-corrected chi connectivity index (χ3v) is 9.85. The van der Waals surface area contributed by atoms with Gasteiger partial charge >= 0.3 is 0 Å². The molecule has 2 aliphatic rings. The zero-order valence-electron chi connectivity index (χ0n) is 34.2. The molecule has 19 nitrogen and oxygen atoms in total. The number of carbonyl (C=O) groups excluding carboxylic acids is 3. The molecule has 1 aliphatic carbocycles. The van der Waals surface area contributed by atoms with Crippen LogP contribution < -0.4 is 20.8 Å². The van der Waals surface area contributed by atoms with Crippen molar-refractivity contribution in [2.75, 3.05) is 52.7 Å². The van der Waals surface area contributed by atoms with Gasteiger partial charge in [-0.1, -0.05) is 0 Å². The highest BCUT2D eigenvalue weighted by Crippen LogP contribution is 2.46. The summed E-state index contributed by atoms with van der Waals surface area (Å²) in [5.41, 5.74) is -0.882. The smallest absolute Gasteiger partial charge is 0.239 e. The average molecular weight is 875 g/mol. The quantitative estimate of drug-likeness (QED) is 0.0475. The molecule has 334 valence electrons. The van der Waals surface area contributed by atoms with Crippen LogP contribution in [0.2, 0.25) is 0 Å². The predicted molar refractivity (Wildman–Crippen MR) is 222 cm³/mol. The van der Waals surface area contributed by atoms with Crippen LogP contribution in [-0.2, 0) is 33.3 Å². The first-order chi connectivity index (χ1) is 30.1. The fraction of sp³-hybridized carbons (Fsp3) is 0.318. The van der Waals surface area contributed by atoms with E-state index in [0.717, 1.165) is 18.2 Å². The number of rotatable bonds is 19. The van der Waals surface area contributed by atoms with E-state index in [2.05, 4.69) is 10.6 Å². The van der Waals surface area contributed by atoms with Gasteiger partial charge in [-0.2, -0.15) is 0 Å². The van der Waals surface area contributed by atoms with Gasteiger partial charge in [0, 0.05) is 55.6 Å². The number of phenols is 6. The van der Waals surface area contributed by atoms with Gasteiger partial charge in [0.05, 0.1) is 37.8 Å². The molecule has 0 spiro atoms. The van der Waals surface area contributed by atoms with Crippen LogP contribution in [0.5, 0.6) is 40.2 Å². The van der Waals surface area contributed by atoms with Crippen molar-refractivity contribution < 1.29 is 78.2 Å². The minimum absolute atomic E-state index is 0.0184. The Labute approximate surface area is 358 Å². The maximum absolute atomic E-state index is 13.7. The molecule has 63 heavy (non-hydrogen) atoms. The number of amides is 2. The van der Waals surface area contributed by atoms with Gasteiger partial charge in [-0.05, 0) is 61.9 Å². The number of hydrogen-bond donors (Lipinski definition) is 9. The number of benzene rings is 3. The Balaban J connectivity index is 0.885. The summed E-state index contributed by atoms with van der Waals surface area (Å²) >= 11 is 0. The van der Waals surface area contributed by atoms with Crippen molar-refractivity contribution in [3.05, 3.63) is 93.1 Å². The Hall–Kier alpha value is -7.38. The van der Waals surface area contributed by atoms with E-state index in [4.69, 9.17) is 28.1 Å². The highest BCUT2D eigenvalue weighted by atomic mass is 16.6. The molecular formula is C44H46N2O17. The van der Waals surface area contributed by atoms with Crippen molar-refractivity contribution in [1.82, 2.24) is 10.6 Å². The first kappa shape index (κ1) is 45.2. The lowest BCUT2D eigenvalue weighted by Gasteiger charge is -2.40. The predicted octanol–water partition coefficient (Wildman–Crippen LogP) is 4.02. The standard InChI is InChI=1S/C44H46N2O17/c1-23-17-27(48)22-44(2)37(23)39(57)43(41(63-44)25-4-6-29(50)31(52)19-25)61-16-14-59-12-10-46-35(55)8-7-34(54)45-9-11-58-13-15-60-42-38(56)36-32(53)20-26(47)21-33(36)62-40(42)24-3-5-28(49)30(51)18-24/h3-6,17-21,47-53H,7-16,22H2,1-2H3,(H,45,54)(H,46,55). The minimum Gasteiger partial charge on any atom is -0.512 e. The zero-order chi connectivity index (χ0) is 45.4. The van der Waals surface area contributed by atoms with Crippen molar-refractivity contribution in [3.63, 3.8) is 0 Å². The summed E-state index contributed by atoms with van der Waals surface area (Å²) in [4.78, 5) is 51.7. The Morgan fingerprint density at radius 1 is 0.714 bits per heavy atom. The van der Waals surface area contributed by atoms with Gasteiger partial charge in [-0.3, -0.25) is 19.2 Å². The molecular weight excluding hydrogens is 828 g/mol. The molecule has 3 aromatic carbocycles. The number of phenolic OH excluding ortho intramolecular Hbond substituents is 6. The van der Waals surface area contributed by atoms with E-state index in [9.17, 15) is 54.9 Å². The molecule has 0 saturated heterocycles. The lowest BCUT2D eigenvalue weighted by atomic mass is 9.78. The fourth-order valence-corrected chi connectivity index (χ4v) is 7.00. The third kappa shape index (κ3) is 10.6. The second-order valence-corrected chi connectivity index (χ2v) is 14.6. The van der Waals surface area contributed by atoms with Crippen LogP contribution in [0, 0.1) is 0 Å². The Morgan fingerprint density at radius 3 is 1.92 bits per heavy atom. The molecule has 2 amide bonds. The summed E-state index contributed by atoms with van der Waals surface area (Å²) in [6.45, 7) is 3.47. The van der Waals surface area contributed by atoms with Crippen LogP contribution in [0.3, 0.4) is 0 Å². The highest BCUT2D eigenvalue weighted by molar-refractivity contribution is 6.14. The molecule has 1 aliphatic heterocycles. The van der Waals surface area contributed by atoms with Gasteiger partial charge in [-0.25, -0.2) is 0 Å². The molecule has 2 heterocycles. The number of aromatic hydroxyl groups is 6. The molecule has 0 radical (unpaired) electrons. The van der Waals surface area contributed by atoms with Crippen molar-refractivity contribution in [2.24, 2.45) is 0 Å². The molecule has 0 saturated carbocycles. The maximum Gasteiger partial charge on any atom is 0.239 e. The van der Waals surface area contributed by atoms with Crippen molar-refractivity contribution in [2.45, 2.75) is 38.7 Å². The summed E-state index contributed by atoms with van der Waals surface area (Å²) < 4.78 is 34.6. The molecule has 9 N–H and O–H groups in total. The number of aliphatic hydroxyl groups is 1. The van der Waals surface area contributed by atoms with Gasteiger partial charge in [-0.15, -0.1) is 0 Å². The van der Waals surface area contributed by atoms with E-state index in [1.807, 2.05) is 0 Å². The van der Waals surface area contributed by atoms with Crippen LogP contribution in [0.1, 0.15) is 38.7 Å². The average Bonchev–Trinajstić information content (AvgIpc) is 3.21. The summed E-state index contributed by atoms with van der Waals surface area (Å²) in [5.74, 6) is -4.40. The number of allylic oxidation sites excluding steroid dienone is 3. The van der Waals surface area contributed by atoms with Crippen molar-refractivity contribution in [3.8, 4) is 51.6 Å². The van der Waals surface area contributed by atoms with Crippen LogP contribution in [0.15, 0.2) is 86.5 Å². The minimum atomic E-state index is -1.21. The van der Waals surface area contributed by atoms with E-state index in [1.165, 1.54) is 36.4 Å². The normalized spacial score (nSPS) is 16.0. The number of nitrogens with one attached hydrogen (secondary N) is 2. The SMILES string of the molecule is CC1=C2C(=O)C(OCCOCCNC(=O)CCC(=O)NCCOCCOc3c(-c4ccc(O)c(O)c4)oc4cc(O)cc(O)c4c3=O)=C(c3ccc(O)c(O)c3)OC2(C)CC(O)=C1. The van der Waals surface area contributed by atoms with Gasteiger partial charge in [0.15, 0.2) is 34.5 Å². The number of hydrogen-bond acceptors (Lipinski definition) is 17. The molecule has 0 bridgehead atoms. The van der Waals surface area contributed by atoms with Crippen LogP contribution in [0.25, 0.3) is 28.1 Å². The summed E-state index contributed by atoms with van der Waals surface area (Å²) in [7, 11) is 0. The third-order valence-electron chi connectivity index (χ3n) is 9.85. The summed E-state index contributed by atoms with van der Waals surface area (Å²) in [5, 5.41) is 75.2. The van der Waals surface area contributed by atoms with Crippen molar-refractivity contribution in [1.29, 1.82) is 0 Å². The fourth-order valence-electron chi connectivity index (χ4n) is 7.00. The Morgan fingerprint density at radius 2 is 1.30 bits per heavy atom. The van der Waals surface area contributed by atoms with E-state index in [-0.39, 0.29) is 140 Å². The molecule has 19 heteroatoms. The monoisotopic (exact) mass is 874 g/mol. The second-order valence-electron chi connectivity index (χ2n) is 14.6. The second kappa shape index (κ2) is 19.6. The molecule has 0 fully saturated rings. The number of carbonyl (C=O) groups is 3. The lowest BCUT2D eigenvalue weighted by molar-refractivity contribution is -0.126. The van der Waals surface area contributed by atoms with E-state index >= 15 is 0 Å². The first-order valence-corrected chi connectivity index (χ1v) is 19.7. The number of ether oxygens (including phenoxy) is 5. The van der Waals surface area contributed by atoms with E-state index in [1.54, 1.807) is 13.8 Å². The van der Waals surface area contributed by atoms with Gasteiger partial charge in [0.1, 0.15) is 41.3 Å². The van der Waals surface area contributed by atoms with E-state index in [0.29, 0.717) is 11.1 Å². The number of aliphatic hydroxyl groups excluding tert-OH is 1. The summed E-state index contributed by atoms with van der Waals surface area (Å²) in [6.07, 6.45) is 1.32. The van der Waals surface area contributed by atoms with Crippen LogP contribution in [0.4, 0.5) is 0 Å². The molecule has 4 aromatic rings. The first-order valence-electron chi connectivity index (χ1n) is 19.7. The van der Waals surface area contributed by atoms with Gasteiger partial charge < -0.3 is 74.5 Å². The molecule has 6 rings (SSSR count). The Bertz CT molecular complexity index is 2580. The Kier molecular flexibility index (Phi) is 14.0. The summed E-state index contributed by atoms with van der Waals surface area (Å²) in [6, 6.07) is 9.72. The molecule has 1 aromatic heterocycles. The van der Waals surface area contributed by atoms with Crippen molar-refractivity contribution >= 4 is 34.3 Å². The largest absolute Gasteiger partial charge is 0.512 e. The maximum atomic E-state index is 13.7. The lowest BCUT2D eigenvalue weighted by Crippen LogP contribution is -2.42. The highest BCUT2D eigenvalue weighted by Gasteiger charge is 2.47.